The lowest BCUT2D eigenvalue weighted by Gasteiger charge is -2.12. The second-order valence-electron chi connectivity index (χ2n) is 5.59. The van der Waals surface area contributed by atoms with Crippen molar-refractivity contribution >= 4 is 5.96 Å². The molecule has 0 bridgehead atoms. The highest BCUT2D eigenvalue weighted by molar-refractivity contribution is 5.79. The number of rotatable bonds is 8. The highest BCUT2D eigenvalue weighted by Gasteiger charge is 2.30. The minimum Gasteiger partial charge on any atom is -0.379 e. The Morgan fingerprint density at radius 1 is 1.25 bits per heavy atom. The summed E-state index contributed by atoms with van der Waals surface area (Å²) in [6.45, 7) is 8.09. The van der Waals surface area contributed by atoms with Gasteiger partial charge in [-0.05, 0) is 44.9 Å². The molecule has 0 amide bonds. The van der Waals surface area contributed by atoms with Gasteiger partial charge in [0.05, 0.1) is 18.2 Å². The van der Waals surface area contributed by atoms with Crippen LogP contribution >= 0.6 is 0 Å². The van der Waals surface area contributed by atoms with Crippen molar-refractivity contribution < 1.29 is 17.9 Å². The van der Waals surface area contributed by atoms with Crippen LogP contribution in [0.5, 0.6) is 0 Å². The molecular weight excluding hydrogens is 319 g/mol. The number of ether oxygens (including phenoxy) is 1. The van der Waals surface area contributed by atoms with Crippen molar-refractivity contribution in [3.63, 3.8) is 0 Å². The number of aliphatic imine (C=N–C) groups is 1. The van der Waals surface area contributed by atoms with Crippen LogP contribution in [0.25, 0.3) is 0 Å². The molecule has 24 heavy (non-hydrogen) atoms. The van der Waals surface area contributed by atoms with E-state index in [0.717, 1.165) is 18.6 Å². The van der Waals surface area contributed by atoms with Crippen LogP contribution in [-0.2, 0) is 17.5 Å². The van der Waals surface area contributed by atoms with Crippen LogP contribution in [0.3, 0.4) is 0 Å². The van der Waals surface area contributed by atoms with Crippen LogP contribution in [0.15, 0.2) is 29.3 Å². The Kier molecular flexibility index (Phi) is 8.60. The van der Waals surface area contributed by atoms with Crippen LogP contribution in [-0.4, -0.2) is 31.8 Å². The summed E-state index contributed by atoms with van der Waals surface area (Å²) in [6.07, 6.45) is -3.31. The minimum atomic E-state index is -4.33. The number of nitrogens with one attached hydrogen (secondary N) is 2. The largest absolute Gasteiger partial charge is 0.416 e. The third-order valence-electron chi connectivity index (χ3n) is 3.08. The third kappa shape index (κ3) is 8.19. The summed E-state index contributed by atoms with van der Waals surface area (Å²) in [7, 11) is 0. The predicted octanol–water partition coefficient (Wildman–Crippen LogP) is 3.58. The molecule has 0 aliphatic carbocycles. The Labute approximate surface area is 141 Å². The Morgan fingerprint density at radius 2 is 2.00 bits per heavy atom. The zero-order chi connectivity index (χ0) is 18.0. The number of hydrogen-bond donors (Lipinski definition) is 2. The fraction of sp³-hybridized carbons (Fsp3) is 0.588. The van der Waals surface area contributed by atoms with Gasteiger partial charge in [0.15, 0.2) is 5.96 Å². The molecule has 0 spiro atoms. The van der Waals surface area contributed by atoms with E-state index in [1.165, 1.54) is 6.07 Å². The lowest BCUT2D eigenvalue weighted by Crippen LogP contribution is -2.38. The first kappa shape index (κ1) is 20.3. The average molecular weight is 345 g/mol. The summed E-state index contributed by atoms with van der Waals surface area (Å²) in [5.74, 6) is 0.583. The quantitative estimate of drug-likeness (QED) is 0.430. The SMILES string of the molecule is CCNC(=NCc1cccc(C(F)(F)F)c1)NCCCOC(C)C. The molecule has 1 aromatic carbocycles. The van der Waals surface area contributed by atoms with Crippen LogP contribution in [0.4, 0.5) is 13.2 Å². The normalized spacial score (nSPS) is 12.5. The summed E-state index contributed by atoms with van der Waals surface area (Å²) in [4.78, 5) is 4.33. The summed E-state index contributed by atoms with van der Waals surface area (Å²) in [5, 5.41) is 6.22. The molecular formula is C17H26F3N3O. The van der Waals surface area contributed by atoms with Gasteiger partial charge in [0.25, 0.3) is 0 Å². The van der Waals surface area contributed by atoms with Gasteiger partial charge in [-0.1, -0.05) is 12.1 Å². The predicted molar refractivity (Wildman–Crippen MR) is 90.0 cm³/mol. The van der Waals surface area contributed by atoms with E-state index in [0.29, 0.717) is 31.2 Å². The lowest BCUT2D eigenvalue weighted by molar-refractivity contribution is -0.137. The molecule has 136 valence electrons. The van der Waals surface area contributed by atoms with Crippen molar-refractivity contribution in [3.05, 3.63) is 35.4 Å². The van der Waals surface area contributed by atoms with E-state index in [2.05, 4.69) is 15.6 Å². The zero-order valence-electron chi connectivity index (χ0n) is 14.4. The van der Waals surface area contributed by atoms with Gasteiger partial charge in [-0.2, -0.15) is 13.2 Å². The fourth-order valence-corrected chi connectivity index (χ4v) is 1.96. The number of alkyl halides is 3. The van der Waals surface area contributed by atoms with E-state index in [1.54, 1.807) is 6.07 Å². The van der Waals surface area contributed by atoms with Gasteiger partial charge < -0.3 is 15.4 Å². The topological polar surface area (TPSA) is 45.7 Å². The third-order valence-corrected chi connectivity index (χ3v) is 3.08. The Morgan fingerprint density at radius 3 is 2.62 bits per heavy atom. The smallest absolute Gasteiger partial charge is 0.379 e. The van der Waals surface area contributed by atoms with Crippen LogP contribution in [0.2, 0.25) is 0 Å². The number of halogens is 3. The Hall–Kier alpha value is -1.76. The second kappa shape index (κ2) is 10.2. The molecule has 0 saturated heterocycles. The van der Waals surface area contributed by atoms with Crippen molar-refractivity contribution in [3.8, 4) is 0 Å². The highest BCUT2D eigenvalue weighted by Crippen LogP contribution is 2.29. The minimum absolute atomic E-state index is 0.182. The van der Waals surface area contributed by atoms with Gasteiger partial charge in [0, 0.05) is 19.7 Å². The van der Waals surface area contributed by atoms with E-state index in [-0.39, 0.29) is 12.6 Å². The highest BCUT2D eigenvalue weighted by atomic mass is 19.4. The maximum atomic E-state index is 12.7. The molecule has 0 heterocycles. The number of benzene rings is 1. The van der Waals surface area contributed by atoms with Crippen molar-refractivity contribution in [2.24, 2.45) is 4.99 Å². The average Bonchev–Trinajstić information content (AvgIpc) is 2.51. The molecule has 0 aliphatic rings. The number of nitrogens with zero attached hydrogens (tertiary/aromatic N) is 1. The van der Waals surface area contributed by atoms with Crippen molar-refractivity contribution in [1.82, 2.24) is 10.6 Å². The van der Waals surface area contributed by atoms with Crippen LogP contribution in [0, 0.1) is 0 Å². The summed E-state index contributed by atoms with van der Waals surface area (Å²) in [5.41, 5.74) is -0.135. The monoisotopic (exact) mass is 345 g/mol. The van der Waals surface area contributed by atoms with Crippen LogP contribution in [0.1, 0.15) is 38.3 Å². The van der Waals surface area contributed by atoms with E-state index in [4.69, 9.17) is 4.74 Å². The van der Waals surface area contributed by atoms with E-state index in [9.17, 15) is 13.2 Å². The van der Waals surface area contributed by atoms with Gasteiger partial charge in [-0.15, -0.1) is 0 Å². The maximum absolute atomic E-state index is 12.7. The molecule has 0 fully saturated rings. The van der Waals surface area contributed by atoms with Crippen molar-refractivity contribution in [2.45, 2.75) is 46.0 Å². The Bertz CT molecular complexity index is 516. The summed E-state index contributed by atoms with van der Waals surface area (Å²) < 4.78 is 43.6. The van der Waals surface area contributed by atoms with Crippen molar-refractivity contribution in [2.75, 3.05) is 19.7 Å². The van der Waals surface area contributed by atoms with Gasteiger partial charge in [-0.3, -0.25) is 0 Å². The molecule has 0 aliphatic heterocycles. The molecule has 4 nitrogen and oxygen atoms in total. The van der Waals surface area contributed by atoms with Crippen molar-refractivity contribution in [1.29, 1.82) is 0 Å². The second-order valence-corrected chi connectivity index (χ2v) is 5.59. The lowest BCUT2D eigenvalue weighted by atomic mass is 10.1. The first-order chi connectivity index (χ1) is 11.3. The molecule has 1 aromatic rings. The van der Waals surface area contributed by atoms with Gasteiger partial charge in [-0.25, -0.2) is 4.99 Å². The van der Waals surface area contributed by atoms with Gasteiger partial charge in [0.1, 0.15) is 0 Å². The number of hydrogen-bond acceptors (Lipinski definition) is 2. The molecule has 0 radical (unpaired) electrons. The van der Waals surface area contributed by atoms with E-state index >= 15 is 0 Å². The fourth-order valence-electron chi connectivity index (χ4n) is 1.96. The molecule has 2 N–H and O–H groups in total. The first-order valence-electron chi connectivity index (χ1n) is 8.12. The number of guanidine groups is 1. The zero-order valence-corrected chi connectivity index (χ0v) is 14.4. The first-order valence-corrected chi connectivity index (χ1v) is 8.12. The van der Waals surface area contributed by atoms with Crippen LogP contribution < -0.4 is 10.6 Å². The summed E-state index contributed by atoms with van der Waals surface area (Å²) >= 11 is 0. The van der Waals surface area contributed by atoms with E-state index < -0.39 is 11.7 Å². The van der Waals surface area contributed by atoms with Gasteiger partial charge >= 0.3 is 6.18 Å². The molecule has 1 rings (SSSR count). The van der Waals surface area contributed by atoms with Gasteiger partial charge in [0.2, 0.25) is 0 Å². The molecule has 0 atom stereocenters. The Balaban J connectivity index is 2.56. The maximum Gasteiger partial charge on any atom is 0.416 e. The van der Waals surface area contributed by atoms with E-state index in [1.807, 2.05) is 20.8 Å². The molecule has 0 aromatic heterocycles. The molecule has 0 saturated carbocycles. The summed E-state index contributed by atoms with van der Waals surface area (Å²) in [6, 6.07) is 5.23. The molecule has 7 heteroatoms. The standard InChI is InChI=1S/C17H26F3N3O/c1-4-21-16(22-9-6-10-24-13(2)3)23-12-14-7-5-8-15(11-14)17(18,19)20/h5,7-8,11,13H,4,6,9-10,12H2,1-3H3,(H2,21,22,23). The molecule has 0 unspecified atom stereocenters.